The van der Waals surface area contributed by atoms with Gasteiger partial charge in [-0.05, 0) is 24.7 Å². The lowest BCUT2D eigenvalue weighted by Crippen LogP contribution is -2.61. The number of fused-ring (bicyclic) bond motifs is 1. The van der Waals surface area contributed by atoms with Crippen molar-refractivity contribution in [3.05, 3.63) is 0 Å². The van der Waals surface area contributed by atoms with Gasteiger partial charge < -0.3 is 9.80 Å². The molecule has 1 saturated carbocycles. The molecule has 2 amide bonds. The molecule has 0 spiro atoms. The fourth-order valence-electron chi connectivity index (χ4n) is 3.86. The summed E-state index contributed by atoms with van der Waals surface area (Å²) in [6.45, 7) is 3.48. The van der Waals surface area contributed by atoms with Crippen LogP contribution < -0.4 is 0 Å². The van der Waals surface area contributed by atoms with Crippen LogP contribution in [-0.4, -0.2) is 92.3 Å². The molecule has 0 radical (unpaired) electrons. The lowest BCUT2D eigenvalue weighted by Gasteiger charge is -2.44. The van der Waals surface area contributed by atoms with Crippen LogP contribution in [0.15, 0.2) is 0 Å². The van der Waals surface area contributed by atoms with Gasteiger partial charge in [0, 0.05) is 39.6 Å². The van der Waals surface area contributed by atoms with E-state index in [2.05, 4.69) is 6.92 Å². The minimum Gasteiger partial charge on any atom is -0.348 e. The van der Waals surface area contributed by atoms with E-state index in [0.29, 0.717) is 24.9 Å². The zero-order valence-electron chi connectivity index (χ0n) is 15.4. The van der Waals surface area contributed by atoms with Crippen LogP contribution in [0.1, 0.15) is 32.6 Å². The van der Waals surface area contributed by atoms with Crippen molar-refractivity contribution in [2.24, 2.45) is 5.41 Å². The molecule has 0 N–H and O–H groups in total. The van der Waals surface area contributed by atoms with E-state index in [1.54, 1.807) is 19.0 Å². The van der Waals surface area contributed by atoms with E-state index in [4.69, 9.17) is 0 Å². The van der Waals surface area contributed by atoms with Crippen molar-refractivity contribution in [2.45, 2.75) is 44.7 Å². The zero-order valence-corrected chi connectivity index (χ0v) is 16.2. The van der Waals surface area contributed by atoms with Gasteiger partial charge in [0.25, 0.3) is 0 Å². The Kier molecular flexibility index (Phi) is 4.87. The second kappa shape index (κ2) is 6.54. The smallest absolute Gasteiger partial charge is 0.236 e. The first kappa shape index (κ1) is 18.6. The van der Waals surface area contributed by atoms with Crippen molar-refractivity contribution in [1.82, 2.24) is 14.7 Å². The van der Waals surface area contributed by atoms with Gasteiger partial charge in [0.05, 0.1) is 24.1 Å². The molecule has 2 saturated heterocycles. The molecule has 0 aromatic heterocycles. The summed E-state index contributed by atoms with van der Waals surface area (Å²) < 4.78 is 24.4. The van der Waals surface area contributed by atoms with Crippen molar-refractivity contribution in [3.63, 3.8) is 0 Å². The second-order valence-electron chi connectivity index (χ2n) is 8.37. The summed E-state index contributed by atoms with van der Waals surface area (Å²) in [5.74, 6) is 0.0935. The molecular formula is C17H29N3O4S. The maximum absolute atomic E-state index is 12.7. The van der Waals surface area contributed by atoms with Gasteiger partial charge in [0.1, 0.15) is 0 Å². The van der Waals surface area contributed by atoms with Crippen molar-refractivity contribution in [2.75, 3.05) is 45.2 Å². The fourth-order valence-corrected chi connectivity index (χ4v) is 5.87. The summed E-state index contributed by atoms with van der Waals surface area (Å²) in [4.78, 5) is 30.0. The number of carbonyl (C=O) groups excluding carboxylic acids is 2. The normalized spacial score (nSPS) is 30.0. The number of nitrogens with zero attached hydrogens (tertiary/aromatic N) is 3. The number of amides is 2. The lowest BCUT2D eigenvalue weighted by molar-refractivity contribution is -0.139. The van der Waals surface area contributed by atoms with Gasteiger partial charge in [-0.25, -0.2) is 8.42 Å². The third-order valence-electron chi connectivity index (χ3n) is 5.99. The third-order valence-corrected chi connectivity index (χ3v) is 7.69. The molecule has 7 nitrogen and oxygen atoms in total. The van der Waals surface area contributed by atoms with Crippen LogP contribution in [0.5, 0.6) is 0 Å². The van der Waals surface area contributed by atoms with E-state index < -0.39 is 9.84 Å². The van der Waals surface area contributed by atoms with E-state index in [1.807, 2.05) is 4.90 Å². The van der Waals surface area contributed by atoms with Crippen LogP contribution in [-0.2, 0) is 19.4 Å². The van der Waals surface area contributed by atoms with E-state index in [9.17, 15) is 18.0 Å². The van der Waals surface area contributed by atoms with Crippen LogP contribution in [0.2, 0.25) is 0 Å². The molecule has 0 bridgehead atoms. The molecule has 2 heterocycles. The second-order valence-corrected chi connectivity index (χ2v) is 10.5. The van der Waals surface area contributed by atoms with Crippen LogP contribution in [0.25, 0.3) is 0 Å². The van der Waals surface area contributed by atoms with Crippen LogP contribution in [0, 0.1) is 5.41 Å². The van der Waals surface area contributed by atoms with Gasteiger partial charge in [-0.15, -0.1) is 0 Å². The Labute approximate surface area is 150 Å². The van der Waals surface area contributed by atoms with Crippen LogP contribution in [0.4, 0.5) is 0 Å². The number of carbonyl (C=O) groups is 2. The summed E-state index contributed by atoms with van der Waals surface area (Å²) in [5.41, 5.74) is 0.316. The maximum atomic E-state index is 12.7. The first-order valence-electron chi connectivity index (χ1n) is 9.04. The number of likely N-dealkylation sites (N-methyl/N-ethyl adjacent to an activating group) is 1. The highest BCUT2D eigenvalue weighted by Crippen LogP contribution is 2.49. The predicted molar refractivity (Wildman–Crippen MR) is 94.8 cm³/mol. The molecule has 3 rings (SSSR count). The summed E-state index contributed by atoms with van der Waals surface area (Å²) in [5, 5.41) is 0. The van der Waals surface area contributed by atoms with E-state index >= 15 is 0 Å². The average molecular weight is 372 g/mol. The summed E-state index contributed by atoms with van der Waals surface area (Å²) >= 11 is 0. The number of piperazine rings is 1. The summed E-state index contributed by atoms with van der Waals surface area (Å²) in [7, 11) is 0.220. The molecular weight excluding hydrogens is 342 g/mol. The monoisotopic (exact) mass is 371 g/mol. The SMILES string of the molecule is CN(C)C(=O)CN1CCN(C(=O)CCC2(C)CC2)[C@H]2CS(=O)(=O)C[C@H]21. The van der Waals surface area contributed by atoms with Crippen molar-refractivity contribution in [3.8, 4) is 0 Å². The Morgan fingerprint density at radius 1 is 1.12 bits per heavy atom. The van der Waals surface area contributed by atoms with Gasteiger partial charge in [-0.2, -0.15) is 0 Å². The molecule has 0 aromatic rings. The minimum absolute atomic E-state index is 0.0212. The zero-order chi connectivity index (χ0) is 18.4. The van der Waals surface area contributed by atoms with E-state index in [-0.39, 0.29) is 41.9 Å². The average Bonchev–Trinajstić information content (AvgIpc) is 3.16. The van der Waals surface area contributed by atoms with Gasteiger partial charge in [-0.3, -0.25) is 14.5 Å². The molecule has 0 unspecified atom stereocenters. The first-order valence-corrected chi connectivity index (χ1v) is 10.9. The molecule has 0 aromatic carbocycles. The highest BCUT2D eigenvalue weighted by atomic mass is 32.2. The molecule has 2 aliphatic heterocycles. The first-order chi connectivity index (χ1) is 11.6. The summed E-state index contributed by atoms with van der Waals surface area (Å²) in [6, 6.07) is -0.573. The standard InChI is InChI=1S/C17H29N3O4S/c1-17(6-7-17)5-4-15(21)20-9-8-19(10-16(22)18(2)3)13-11-25(23,24)12-14(13)20/h13-14H,4-12H2,1-3H3/t13-,14+/m1/s1. The Bertz CT molecular complexity index is 657. The number of hydrogen-bond donors (Lipinski definition) is 0. The predicted octanol–water partition coefficient (Wildman–Crippen LogP) is -0.0353. The van der Waals surface area contributed by atoms with Crippen molar-refractivity contribution < 1.29 is 18.0 Å². The quantitative estimate of drug-likeness (QED) is 0.678. The van der Waals surface area contributed by atoms with Gasteiger partial charge in [0.15, 0.2) is 9.84 Å². The highest BCUT2D eigenvalue weighted by molar-refractivity contribution is 7.91. The van der Waals surface area contributed by atoms with Crippen molar-refractivity contribution >= 4 is 21.7 Å². The van der Waals surface area contributed by atoms with Crippen LogP contribution >= 0.6 is 0 Å². The molecule has 8 heteroatoms. The van der Waals surface area contributed by atoms with E-state index in [0.717, 1.165) is 6.42 Å². The largest absolute Gasteiger partial charge is 0.348 e. The maximum Gasteiger partial charge on any atom is 0.236 e. The Hall–Kier alpha value is -1.15. The van der Waals surface area contributed by atoms with Gasteiger partial charge in [-0.1, -0.05) is 6.92 Å². The number of rotatable bonds is 5. The Morgan fingerprint density at radius 2 is 1.76 bits per heavy atom. The summed E-state index contributed by atoms with van der Waals surface area (Å²) in [6.07, 6.45) is 3.74. The topological polar surface area (TPSA) is 78.0 Å². The molecule has 2 atom stereocenters. The third kappa shape index (κ3) is 4.16. The Morgan fingerprint density at radius 3 is 2.36 bits per heavy atom. The molecule has 3 aliphatic rings. The molecule has 25 heavy (non-hydrogen) atoms. The van der Waals surface area contributed by atoms with Crippen LogP contribution in [0.3, 0.4) is 0 Å². The fraction of sp³-hybridized carbons (Fsp3) is 0.882. The van der Waals surface area contributed by atoms with E-state index in [1.165, 1.54) is 17.7 Å². The van der Waals surface area contributed by atoms with Crippen molar-refractivity contribution in [1.29, 1.82) is 0 Å². The van der Waals surface area contributed by atoms with Gasteiger partial charge in [0.2, 0.25) is 11.8 Å². The number of sulfone groups is 1. The Balaban J connectivity index is 1.69. The van der Waals surface area contributed by atoms with Gasteiger partial charge >= 0.3 is 0 Å². The lowest BCUT2D eigenvalue weighted by atomic mass is 10.00. The number of hydrogen-bond acceptors (Lipinski definition) is 5. The minimum atomic E-state index is -3.18. The highest BCUT2D eigenvalue weighted by Gasteiger charge is 2.48. The molecule has 3 fully saturated rings. The molecule has 142 valence electrons. The molecule has 1 aliphatic carbocycles.